The van der Waals surface area contributed by atoms with E-state index in [4.69, 9.17) is 0 Å². The summed E-state index contributed by atoms with van der Waals surface area (Å²) in [6.45, 7) is 0. The van der Waals surface area contributed by atoms with Crippen LogP contribution in [0.1, 0.15) is 10.8 Å². The zero-order valence-corrected chi connectivity index (χ0v) is 16.0. The fraction of sp³-hybridized carbons (Fsp3) is 0.176. The molecule has 0 aliphatic carbocycles. The summed E-state index contributed by atoms with van der Waals surface area (Å²) in [5.74, 6) is -0.933. The van der Waals surface area contributed by atoms with E-state index in [0.717, 1.165) is 11.5 Å². The summed E-state index contributed by atoms with van der Waals surface area (Å²) < 4.78 is 73.7. The number of hydrogen-bond donors (Lipinski definition) is 0. The summed E-state index contributed by atoms with van der Waals surface area (Å²) >= 11 is 0. The number of rotatable bonds is 3. The topological polar surface area (TPSA) is 102 Å². The second-order valence-corrected chi connectivity index (χ2v) is 12.0. The lowest BCUT2D eigenvalue weighted by Gasteiger charge is -2.15. The third-order valence-electron chi connectivity index (χ3n) is 4.06. The molecular weight excluding hydrogens is 396 g/mol. The molecule has 1 aliphatic rings. The van der Waals surface area contributed by atoms with E-state index < -0.39 is 40.5 Å². The normalized spacial score (nSPS) is 21.8. The summed E-state index contributed by atoms with van der Waals surface area (Å²) in [4.78, 5) is 0.140. The van der Waals surface area contributed by atoms with Gasteiger partial charge in [0.2, 0.25) is 9.84 Å². The maximum atomic E-state index is 12.6. The van der Waals surface area contributed by atoms with Gasteiger partial charge in [-0.15, -0.1) is 0 Å². The minimum absolute atomic E-state index is 0.0134. The number of benzene rings is 2. The van der Waals surface area contributed by atoms with Gasteiger partial charge in [-0.3, -0.25) is 0 Å². The molecule has 3 rings (SSSR count). The van der Waals surface area contributed by atoms with Crippen molar-refractivity contribution in [3.05, 3.63) is 71.6 Å². The van der Waals surface area contributed by atoms with E-state index in [9.17, 15) is 25.3 Å². The van der Waals surface area contributed by atoms with Crippen molar-refractivity contribution >= 4 is 29.5 Å². The van der Waals surface area contributed by atoms with Crippen LogP contribution in [0.2, 0.25) is 0 Å². The molecule has 0 amide bonds. The first-order valence-electron chi connectivity index (χ1n) is 7.63. The first kappa shape index (κ1) is 18.8. The highest BCUT2D eigenvalue weighted by Crippen LogP contribution is 2.30. The molecule has 0 spiro atoms. The Bertz CT molecular complexity index is 1140. The van der Waals surface area contributed by atoms with Crippen molar-refractivity contribution < 1.29 is 25.3 Å². The summed E-state index contributed by atoms with van der Waals surface area (Å²) in [6, 6.07) is 13.2. The van der Waals surface area contributed by atoms with E-state index in [1.807, 2.05) is 0 Å². The Labute approximate surface area is 152 Å². The van der Waals surface area contributed by atoms with E-state index in [1.165, 1.54) is 36.4 Å². The van der Waals surface area contributed by atoms with Crippen LogP contribution in [0, 0.1) is 0 Å². The van der Waals surface area contributed by atoms with Crippen LogP contribution in [0.3, 0.4) is 0 Å². The maximum Gasteiger partial charge on any atom is 0.206 e. The fourth-order valence-corrected chi connectivity index (χ4v) is 7.79. The van der Waals surface area contributed by atoms with E-state index >= 15 is 0 Å². The van der Waals surface area contributed by atoms with Crippen LogP contribution in [0.15, 0.2) is 75.9 Å². The van der Waals surface area contributed by atoms with Crippen LogP contribution in [-0.4, -0.2) is 36.8 Å². The molecule has 6 nitrogen and oxygen atoms in total. The van der Waals surface area contributed by atoms with E-state index in [0.29, 0.717) is 0 Å². The standard InChI is InChI=1S/C17H16O6S3/c18-24(19)11-4-12-25(20,21)17(13-24)14-7-9-16(10-8-14)26(22,23)15-5-2-1-3-6-15/h1-11,17H,12-13H2. The molecule has 9 heteroatoms. The summed E-state index contributed by atoms with van der Waals surface area (Å²) in [5, 5.41) is -0.310. The first-order valence-corrected chi connectivity index (χ1v) is 12.5. The van der Waals surface area contributed by atoms with Gasteiger partial charge in [-0.05, 0) is 29.8 Å². The lowest BCUT2D eigenvalue weighted by molar-refractivity contribution is 0.582. The minimum Gasteiger partial charge on any atom is -0.228 e. The molecule has 2 aromatic carbocycles. The minimum atomic E-state index is -3.73. The van der Waals surface area contributed by atoms with Crippen LogP contribution < -0.4 is 0 Å². The number of hydrogen-bond acceptors (Lipinski definition) is 6. The zero-order valence-electron chi connectivity index (χ0n) is 13.5. The fourth-order valence-electron chi connectivity index (χ4n) is 2.71. The molecule has 2 aromatic rings. The van der Waals surface area contributed by atoms with Crippen molar-refractivity contribution in [2.75, 3.05) is 11.5 Å². The lowest BCUT2D eigenvalue weighted by Crippen LogP contribution is -2.21. The van der Waals surface area contributed by atoms with Gasteiger partial charge in [0.05, 0.1) is 21.3 Å². The molecule has 1 atom stereocenters. The molecule has 1 heterocycles. The van der Waals surface area contributed by atoms with E-state index in [1.54, 1.807) is 18.2 Å². The Morgan fingerprint density at radius 1 is 0.808 bits per heavy atom. The van der Waals surface area contributed by atoms with Crippen molar-refractivity contribution in [1.82, 2.24) is 0 Å². The molecule has 26 heavy (non-hydrogen) atoms. The molecule has 0 bridgehead atoms. The molecule has 1 aliphatic heterocycles. The predicted molar refractivity (Wildman–Crippen MR) is 97.8 cm³/mol. The van der Waals surface area contributed by atoms with Crippen LogP contribution in [0.25, 0.3) is 0 Å². The highest BCUT2D eigenvalue weighted by atomic mass is 32.2. The molecule has 0 fully saturated rings. The smallest absolute Gasteiger partial charge is 0.206 e. The SMILES string of the molecule is O=S1(=O)C=CCS(=O)(=O)C(c2ccc(S(=O)(=O)c3ccccc3)cc2)C1. The Morgan fingerprint density at radius 3 is 2.00 bits per heavy atom. The van der Waals surface area contributed by atoms with Gasteiger partial charge in [0.1, 0.15) is 5.25 Å². The van der Waals surface area contributed by atoms with Gasteiger partial charge in [0.25, 0.3) is 0 Å². The second-order valence-electron chi connectivity index (χ2n) is 5.91. The van der Waals surface area contributed by atoms with Crippen molar-refractivity contribution in [2.45, 2.75) is 15.0 Å². The Morgan fingerprint density at radius 2 is 1.38 bits per heavy atom. The Kier molecular flexibility index (Phi) is 4.80. The summed E-state index contributed by atoms with van der Waals surface area (Å²) in [5.41, 5.74) is 0.254. The molecular formula is C17H16O6S3. The predicted octanol–water partition coefficient (Wildman–Crippen LogP) is 1.92. The van der Waals surface area contributed by atoms with Crippen LogP contribution in [-0.2, 0) is 29.5 Å². The molecule has 0 radical (unpaired) electrons. The first-order chi connectivity index (χ1) is 12.1. The van der Waals surface area contributed by atoms with Gasteiger partial charge in [-0.1, -0.05) is 36.4 Å². The van der Waals surface area contributed by atoms with Crippen molar-refractivity contribution in [2.24, 2.45) is 0 Å². The third kappa shape index (κ3) is 3.74. The lowest BCUT2D eigenvalue weighted by atomic mass is 10.2. The van der Waals surface area contributed by atoms with Crippen LogP contribution >= 0.6 is 0 Å². The van der Waals surface area contributed by atoms with Crippen molar-refractivity contribution in [3.8, 4) is 0 Å². The molecule has 0 N–H and O–H groups in total. The second kappa shape index (κ2) is 6.64. The average molecular weight is 413 g/mol. The molecule has 0 saturated heterocycles. The monoisotopic (exact) mass is 412 g/mol. The zero-order chi connectivity index (χ0) is 19.0. The van der Waals surface area contributed by atoms with Crippen molar-refractivity contribution in [3.63, 3.8) is 0 Å². The molecule has 1 unspecified atom stereocenters. The van der Waals surface area contributed by atoms with Gasteiger partial charge >= 0.3 is 0 Å². The van der Waals surface area contributed by atoms with Gasteiger partial charge in [0.15, 0.2) is 19.7 Å². The third-order valence-corrected chi connectivity index (χ3v) is 9.43. The van der Waals surface area contributed by atoms with Gasteiger partial charge in [0, 0.05) is 5.41 Å². The molecule has 138 valence electrons. The molecule has 0 aromatic heterocycles. The van der Waals surface area contributed by atoms with Crippen LogP contribution in [0.4, 0.5) is 0 Å². The van der Waals surface area contributed by atoms with Gasteiger partial charge in [-0.25, -0.2) is 25.3 Å². The molecule has 0 saturated carbocycles. The van der Waals surface area contributed by atoms with Crippen LogP contribution in [0.5, 0.6) is 0 Å². The van der Waals surface area contributed by atoms with Gasteiger partial charge < -0.3 is 0 Å². The number of sulfone groups is 3. The van der Waals surface area contributed by atoms with E-state index in [2.05, 4.69) is 0 Å². The quantitative estimate of drug-likeness (QED) is 0.763. The Hall–Kier alpha value is -1.97. The average Bonchev–Trinajstić information content (AvgIpc) is 2.71. The van der Waals surface area contributed by atoms with Gasteiger partial charge in [-0.2, -0.15) is 0 Å². The highest BCUT2D eigenvalue weighted by molar-refractivity contribution is 7.97. The summed E-state index contributed by atoms with van der Waals surface area (Å²) in [6.07, 6.45) is 1.12. The Balaban J connectivity index is 2.00. The largest absolute Gasteiger partial charge is 0.228 e. The highest BCUT2D eigenvalue weighted by Gasteiger charge is 2.33. The summed E-state index contributed by atoms with van der Waals surface area (Å²) in [7, 11) is -11.1. The van der Waals surface area contributed by atoms with Crippen molar-refractivity contribution in [1.29, 1.82) is 0 Å². The maximum absolute atomic E-state index is 12.6. The van der Waals surface area contributed by atoms with E-state index in [-0.39, 0.29) is 21.1 Å².